The van der Waals surface area contributed by atoms with E-state index in [-0.39, 0.29) is 18.8 Å². The standard InChI is InChI=1S/C21H24BN3O3/c1-14-15(7-9-22(27)28)3-2-4-19(14)20(12-23)21(26)25-18-6-5-17-13-24-10-8-16(17)11-18/h2-6,8,10-11,13,20,27-28H,7,9,12,23H2,1H3,(H,25,26). The van der Waals surface area contributed by atoms with Crippen LogP contribution in [0.4, 0.5) is 5.69 Å². The highest BCUT2D eigenvalue weighted by atomic mass is 16.4. The number of hydrogen-bond donors (Lipinski definition) is 4. The van der Waals surface area contributed by atoms with Crippen molar-refractivity contribution >= 4 is 29.5 Å². The van der Waals surface area contributed by atoms with Gasteiger partial charge < -0.3 is 21.1 Å². The zero-order chi connectivity index (χ0) is 20.1. The van der Waals surface area contributed by atoms with E-state index in [9.17, 15) is 4.79 Å². The molecule has 0 fully saturated rings. The highest BCUT2D eigenvalue weighted by Gasteiger charge is 2.22. The van der Waals surface area contributed by atoms with Gasteiger partial charge in [0.2, 0.25) is 5.91 Å². The Bertz CT molecular complexity index is 978. The van der Waals surface area contributed by atoms with Crippen molar-refractivity contribution in [1.82, 2.24) is 4.98 Å². The number of nitrogens with one attached hydrogen (secondary N) is 1. The van der Waals surface area contributed by atoms with E-state index in [1.807, 2.05) is 49.4 Å². The Balaban J connectivity index is 1.82. The van der Waals surface area contributed by atoms with Gasteiger partial charge in [-0.15, -0.1) is 0 Å². The predicted octanol–water partition coefficient (Wildman–Crippen LogP) is 2.24. The lowest BCUT2D eigenvalue weighted by Gasteiger charge is -2.20. The van der Waals surface area contributed by atoms with E-state index in [2.05, 4.69) is 10.3 Å². The lowest BCUT2D eigenvalue weighted by atomic mass is 9.80. The summed E-state index contributed by atoms with van der Waals surface area (Å²) in [6.07, 6.45) is 4.27. The van der Waals surface area contributed by atoms with Crippen molar-refractivity contribution in [3.63, 3.8) is 0 Å². The van der Waals surface area contributed by atoms with Gasteiger partial charge in [0.15, 0.2) is 0 Å². The van der Waals surface area contributed by atoms with Crippen LogP contribution in [-0.2, 0) is 11.2 Å². The van der Waals surface area contributed by atoms with Gasteiger partial charge in [-0.3, -0.25) is 9.78 Å². The van der Waals surface area contributed by atoms with Gasteiger partial charge in [-0.05, 0) is 59.9 Å². The van der Waals surface area contributed by atoms with Crippen molar-refractivity contribution in [2.75, 3.05) is 11.9 Å². The predicted molar refractivity (Wildman–Crippen MR) is 112 cm³/mol. The van der Waals surface area contributed by atoms with Crippen molar-refractivity contribution in [3.8, 4) is 0 Å². The lowest BCUT2D eigenvalue weighted by Crippen LogP contribution is -2.28. The summed E-state index contributed by atoms with van der Waals surface area (Å²) in [5, 5.41) is 23.2. The average Bonchev–Trinajstić information content (AvgIpc) is 2.68. The molecule has 6 nitrogen and oxygen atoms in total. The quantitative estimate of drug-likeness (QED) is 0.472. The number of hydrogen-bond acceptors (Lipinski definition) is 5. The van der Waals surface area contributed by atoms with E-state index >= 15 is 0 Å². The third kappa shape index (κ3) is 4.56. The number of rotatable bonds is 7. The first-order valence-electron chi connectivity index (χ1n) is 9.29. The summed E-state index contributed by atoms with van der Waals surface area (Å²) in [4.78, 5) is 17.0. The minimum atomic E-state index is -1.35. The number of carbonyl (C=O) groups excluding carboxylic acids is 1. The van der Waals surface area contributed by atoms with Crippen LogP contribution < -0.4 is 11.1 Å². The maximum absolute atomic E-state index is 12.9. The number of carbonyl (C=O) groups is 1. The van der Waals surface area contributed by atoms with Crippen LogP contribution in [0.15, 0.2) is 54.9 Å². The van der Waals surface area contributed by atoms with Gasteiger partial charge in [0.25, 0.3) is 0 Å². The summed E-state index contributed by atoms with van der Waals surface area (Å²) >= 11 is 0. The zero-order valence-electron chi connectivity index (χ0n) is 15.8. The third-order valence-corrected chi connectivity index (χ3v) is 5.00. The molecule has 0 aliphatic carbocycles. The summed E-state index contributed by atoms with van der Waals surface area (Å²) in [7, 11) is -1.35. The lowest BCUT2D eigenvalue weighted by molar-refractivity contribution is -0.117. The van der Waals surface area contributed by atoms with Gasteiger partial charge in [-0.25, -0.2) is 0 Å². The molecule has 0 radical (unpaired) electrons. The smallest absolute Gasteiger partial charge is 0.427 e. The van der Waals surface area contributed by atoms with Crippen molar-refractivity contribution < 1.29 is 14.8 Å². The van der Waals surface area contributed by atoms with Crippen LogP contribution >= 0.6 is 0 Å². The topological polar surface area (TPSA) is 108 Å². The van der Waals surface area contributed by atoms with Crippen molar-refractivity contribution in [1.29, 1.82) is 0 Å². The van der Waals surface area contributed by atoms with Crippen LogP contribution in [0.25, 0.3) is 10.8 Å². The number of pyridine rings is 1. The Morgan fingerprint density at radius 3 is 2.79 bits per heavy atom. The normalized spacial score (nSPS) is 12.0. The molecule has 0 bridgehead atoms. The van der Waals surface area contributed by atoms with Gasteiger partial charge in [-0.1, -0.05) is 24.3 Å². The molecule has 0 aliphatic heterocycles. The molecule has 5 N–H and O–H groups in total. The molecule has 1 aromatic heterocycles. The number of nitrogens with two attached hydrogens (primary N) is 1. The highest BCUT2D eigenvalue weighted by Crippen LogP contribution is 2.25. The molecule has 0 saturated carbocycles. The number of aryl methyl sites for hydroxylation is 1. The summed E-state index contributed by atoms with van der Waals surface area (Å²) in [5.74, 6) is -0.662. The van der Waals surface area contributed by atoms with Crippen LogP contribution in [0.1, 0.15) is 22.6 Å². The van der Waals surface area contributed by atoms with Crippen LogP contribution in [-0.4, -0.2) is 34.6 Å². The molecule has 1 amide bonds. The number of amides is 1. The summed E-state index contributed by atoms with van der Waals surface area (Å²) in [6, 6.07) is 13.3. The fourth-order valence-electron chi connectivity index (χ4n) is 3.40. The Labute approximate surface area is 164 Å². The molecule has 3 rings (SSSR count). The number of fused-ring (bicyclic) bond motifs is 1. The molecule has 0 saturated heterocycles. The number of nitrogens with zero attached hydrogens (tertiary/aromatic N) is 1. The molecule has 2 aromatic carbocycles. The van der Waals surface area contributed by atoms with Crippen LogP contribution in [0.3, 0.4) is 0 Å². The van der Waals surface area contributed by atoms with Gasteiger partial charge in [-0.2, -0.15) is 0 Å². The molecular formula is C21H24BN3O3. The summed E-state index contributed by atoms with van der Waals surface area (Å²) in [6.45, 7) is 2.11. The molecule has 144 valence electrons. The Morgan fingerprint density at radius 1 is 1.21 bits per heavy atom. The Morgan fingerprint density at radius 2 is 2.04 bits per heavy atom. The monoisotopic (exact) mass is 377 g/mol. The Hall–Kier alpha value is -2.74. The van der Waals surface area contributed by atoms with E-state index in [0.29, 0.717) is 12.1 Å². The summed E-state index contributed by atoms with van der Waals surface area (Å²) < 4.78 is 0. The minimum Gasteiger partial charge on any atom is -0.427 e. The first kappa shape index (κ1) is 20.0. The second-order valence-electron chi connectivity index (χ2n) is 6.87. The second kappa shape index (κ2) is 8.97. The number of anilines is 1. The van der Waals surface area contributed by atoms with Gasteiger partial charge in [0, 0.05) is 30.0 Å². The third-order valence-electron chi connectivity index (χ3n) is 5.00. The first-order valence-corrected chi connectivity index (χ1v) is 9.29. The maximum Gasteiger partial charge on any atom is 0.451 e. The second-order valence-corrected chi connectivity index (χ2v) is 6.87. The first-order chi connectivity index (χ1) is 13.5. The van der Waals surface area contributed by atoms with E-state index in [0.717, 1.165) is 27.5 Å². The highest BCUT2D eigenvalue weighted by molar-refractivity contribution is 6.41. The van der Waals surface area contributed by atoms with Crippen LogP contribution in [0, 0.1) is 6.92 Å². The molecule has 0 aliphatic rings. The average molecular weight is 377 g/mol. The molecule has 1 atom stereocenters. The molecule has 1 heterocycles. The summed E-state index contributed by atoms with van der Waals surface area (Å²) in [5.41, 5.74) is 9.44. The van der Waals surface area contributed by atoms with E-state index in [1.165, 1.54) is 0 Å². The molecule has 1 unspecified atom stereocenters. The van der Waals surface area contributed by atoms with E-state index < -0.39 is 13.0 Å². The van der Waals surface area contributed by atoms with Crippen LogP contribution in [0.5, 0.6) is 0 Å². The molecule has 28 heavy (non-hydrogen) atoms. The van der Waals surface area contributed by atoms with Gasteiger partial charge >= 0.3 is 7.12 Å². The van der Waals surface area contributed by atoms with Crippen molar-refractivity contribution in [2.24, 2.45) is 5.73 Å². The zero-order valence-corrected chi connectivity index (χ0v) is 15.8. The fraction of sp³-hybridized carbons (Fsp3) is 0.238. The van der Waals surface area contributed by atoms with Crippen LogP contribution in [0.2, 0.25) is 6.32 Å². The largest absolute Gasteiger partial charge is 0.451 e. The van der Waals surface area contributed by atoms with E-state index in [4.69, 9.17) is 15.8 Å². The number of aromatic nitrogens is 1. The maximum atomic E-state index is 12.9. The molecule has 7 heteroatoms. The minimum absolute atomic E-state index is 0.168. The SMILES string of the molecule is Cc1c(CCB(O)O)cccc1C(CN)C(=O)Nc1ccc2cnccc2c1. The van der Waals surface area contributed by atoms with Gasteiger partial charge in [0.05, 0.1) is 5.92 Å². The fourth-order valence-corrected chi connectivity index (χ4v) is 3.40. The van der Waals surface area contributed by atoms with Gasteiger partial charge in [0.1, 0.15) is 0 Å². The van der Waals surface area contributed by atoms with E-state index in [1.54, 1.807) is 12.4 Å². The Kier molecular flexibility index (Phi) is 6.41. The van der Waals surface area contributed by atoms with Crippen molar-refractivity contribution in [3.05, 3.63) is 71.5 Å². The van der Waals surface area contributed by atoms with Crippen molar-refractivity contribution in [2.45, 2.75) is 25.6 Å². The number of benzene rings is 2. The molecular weight excluding hydrogens is 353 g/mol. The molecule has 3 aromatic rings. The molecule has 0 spiro atoms.